The lowest BCUT2D eigenvalue weighted by molar-refractivity contribution is 0.0714. The molecule has 0 radical (unpaired) electrons. The minimum absolute atomic E-state index is 0.238. The number of nitrogens with zero attached hydrogens (tertiary/aromatic N) is 2. The third-order valence-electron chi connectivity index (χ3n) is 4.56. The van der Waals surface area contributed by atoms with Gasteiger partial charge in [0.2, 0.25) is 10.0 Å². The molecule has 0 aliphatic carbocycles. The van der Waals surface area contributed by atoms with Crippen molar-refractivity contribution in [2.24, 2.45) is 5.10 Å². The van der Waals surface area contributed by atoms with E-state index in [2.05, 4.69) is 9.82 Å². The Hall–Kier alpha value is -2.68. The number of hydrogen-bond donors (Lipinski definition) is 1. The predicted molar refractivity (Wildman–Crippen MR) is 121 cm³/mol. The number of carbonyl (C=O) groups is 1. The van der Waals surface area contributed by atoms with Gasteiger partial charge in [-0.05, 0) is 47.3 Å². The highest BCUT2D eigenvalue weighted by atomic mass is 35.5. The lowest BCUT2D eigenvalue weighted by Gasteiger charge is -2.20. The molecule has 1 aromatic heterocycles. The topological polar surface area (TPSA) is 78.8 Å². The fourth-order valence-corrected chi connectivity index (χ4v) is 4.86. The van der Waals surface area contributed by atoms with E-state index < -0.39 is 10.0 Å². The number of sulfonamides is 1. The molecule has 0 saturated heterocycles. The molecule has 4 rings (SSSR count). The number of carbonyl (C=O) groups excluding carboxylic acids is 1. The number of thiophene rings is 1. The van der Waals surface area contributed by atoms with Crippen LogP contribution in [0.4, 0.5) is 5.69 Å². The molecule has 0 fully saturated rings. The summed E-state index contributed by atoms with van der Waals surface area (Å²) < 4.78 is 25.6. The lowest BCUT2D eigenvalue weighted by atomic mass is 10.0. The van der Waals surface area contributed by atoms with Crippen molar-refractivity contribution < 1.29 is 13.2 Å². The third kappa shape index (κ3) is 4.56. The highest BCUT2D eigenvalue weighted by molar-refractivity contribution is 7.92. The summed E-state index contributed by atoms with van der Waals surface area (Å²) in [4.78, 5) is 14.2. The zero-order valence-corrected chi connectivity index (χ0v) is 18.3. The minimum atomic E-state index is -3.39. The first-order valence-electron chi connectivity index (χ1n) is 9.08. The van der Waals surface area contributed by atoms with Crippen LogP contribution >= 0.6 is 22.9 Å². The van der Waals surface area contributed by atoms with Crippen LogP contribution in [-0.2, 0) is 10.0 Å². The Morgan fingerprint density at radius 2 is 1.97 bits per heavy atom. The molecule has 0 spiro atoms. The monoisotopic (exact) mass is 459 g/mol. The summed E-state index contributed by atoms with van der Waals surface area (Å²) >= 11 is 7.63. The van der Waals surface area contributed by atoms with Crippen LogP contribution in [0.3, 0.4) is 0 Å². The average Bonchev–Trinajstić information content (AvgIpc) is 3.36. The first-order chi connectivity index (χ1) is 14.3. The third-order valence-corrected chi connectivity index (χ3v) is 6.38. The van der Waals surface area contributed by atoms with Crippen molar-refractivity contribution in [1.82, 2.24) is 5.01 Å². The number of hydrogen-bond acceptors (Lipinski definition) is 5. The van der Waals surface area contributed by atoms with Crippen molar-refractivity contribution in [3.63, 3.8) is 0 Å². The number of anilines is 1. The van der Waals surface area contributed by atoms with Gasteiger partial charge < -0.3 is 0 Å². The fourth-order valence-electron chi connectivity index (χ4n) is 3.30. The normalized spacial score (nSPS) is 16.4. The maximum absolute atomic E-state index is 13.2. The predicted octanol–water partition coefficient (Wildman–Crippen LogP) is 4.76. The van der Waals surface area contributed by atoms with E-state index in [-0.39, 0.29) is 11.9 Å². The molecule has 1 amide bonds. The van der Waals surface area contributed by atoms with E-state index in [1.54, 1.807) is 53.8 Å². The lowest BCUT2D eigenvalue weighted by Crippen LogP contribution is -2.26. The van der Waals surface area contributed by atoms with Gasteiger partial charge in [-0.3, -0.25) is 9.52 Å². The van der Waals surface area contributed by atoms with Crippen molar-refractivity contribution >= 4 is 50.3 Å². The van der Waals surface area contributed by atoms with Crippen LogP contribution in [0.2, 0.25) is 5.02 Å². The maximum Gasteiger partial charge on any atom is 0.274 e. The Morgan fingerprint density at radius 3 is 2.67 bits per heavy atom. The van der Waals surface area contributed by atoms with E-state index in [0.29, 0.717) is 28.4 Å². The van der Waals surface area contributed by atoms with Crippen LogP contribution in [0.1, 0.15) is 33.3 Å². The van der Waals surface area contributed by atoms with Crippen LogP contribution in [-0.4, -0.2) is 31.3 Å². The van der Waals surface area contributed by atoms with Crippen molar-refractivity contribution in [3.8, 4) is 0 Å². The van der Waals surface area contributed by atoms with Gasteiger partial charge in [-0.15, -0.1) is 11.3 Å². The molecule has 0 bridgehead atoms. The van der Waals surface area contributed by atoms with Crippen LogP contribution in [0, 0.1) is 0 Å². The van der Waals surface area contributed by atoms with Crippen molar-refractivity contribution in [1.29, 1.82) is 0 Å². The highest BCUT2D eigenvalue weighted by Gasteiger charge is 2.34. The van der Waals surface area contributed by atoms with E-state index in [4.69, 9.17) is 11.6 Å². The average molecular weight is 460 g/mol. The van der Waals surface area contributed by atoms with E-state index in [1.165, 1.54) is 5.01 Å². The zero-order chi connectivity index (χ0) is 21.3. The van der Waals surface area contributed by atoms with Gasteiger partial charge >= 0.3 is 0 Å². The molecule has 1 atom stereocenters. The second kappa shape index (κ2) is 8.22. The summed E-state index contributed by atoms with van der Waals surface area (Å²) in [5, 5.41) is 8.56. The molecule has 9 heteroatoms. The molecule has 1 aliphatic heterocycles. The standard InChI is InChI=1S/C21H18ClN3O3S2/c1-30(27,28)24-17-8-3-5-14(12-17)18-13-19(20-9-4-10-29-20)25(23-18)21(26)15-6-2-7-16(22)11-15/h2-12,19,24H,13H2,1H3/t19-/m1/s1. The molecule has 2 heterocycles. The number of halogens is 1. The van der Waals surface area contributed by atoms with Gasteiger partial charge in [0.05, 0.1) is 18.0 Å². The fraction of sp³-hybridized carbons (Fsp3) is 0.143. The summed E-state index contributed by atoms with van der Waals surface area (Å²) in [6.07, 6.45) is 1.63. The maximum atomic E-state index is 13.2. The zero-order valence-electron chi connectivity index (χ0n) is 15.9. The quantitative estimate of drug-likeness (QED) is 0.597. The molecule has 30 heavy (non-hydrogen) atoms. The second-order valence-corrected chi connectivity index (χ2v) is 10.1. The number of amides is 1. The summed E-state index contributed by atoms with van der Waals surface area (Å²) in [5.41, 5.74) is 2.37. The van der Waals surface area contributed by atoms with E-state index in [0.717, 1.165) is 16.7 Å². The van der Waals surface area contributed by atoms with E-state index in [1.807, 2.05) is 23.6 Å². The van der Waals surface area contributed by atoms with Crippen molar-refractivity contribution in [2.45, 2.75) is 12.5 Å². The molecule has 3 aromatic rings. The van der Waals surface area contributed by atoms with E-state index >= 15 is 0 Å². The van der Waals surface area contributed by atoms with Crippen LogP contribution in [0.25, 0.3) is 0 Å². The van der Waals surface area contributed by atoms with Crippen LogP contribution in [0.15, 0.2) is 71.1 Å². The van der Waals surface area contributed by atoms with Gasteiger partial charge in [0.1, 0.15) is 0 Å². The molecule has 0 saturated carbocycles. The smallest absolute Gasteiger partial charge is 0.274 e. The molecular formula is C21H18ClN3O3S2. The second-order valence-electron chi connectivity index (χ2n) is 6.90. The molecule has 2 aromatic carbocycles. The van der Waals surface area contributed by atoms with Gasteiger partial charge in [-0.1, -0.05) is 35.9 Å². The van der Waals surface area contributed by atoms with Gasteiger partial charge in [0.15, 0.2) is 0 Å². The summed E-state index contributed by atoms with van der Waals surface area (Å²) in [5.74, 6) is -0.240. The summed E-state index contributed by atoms with van der Waals surface area (Å²) in [7, 11) is -3.39. The Kier molecular flexibility index (Phi) is 5.64. The number of hydrazone groups is 1. The Labute approximate surface area is 183 Å². The largest absolute Gasteiger partial charge is 0.284 e. The highest BCUT2D eigenvalue weighted by Crippen LogP contribution is 2.36. The van der Waals surface area contributed by atoms with Gasteiger partial charge in [0.25, 0.3) is 5.91 Å². The summed E-state index contributed by atoms with van der Waals surface area (Å²) in [6.45, 7) is 0. The first-order valence-corrected chi connectivity index (χ1v) is 12.2. The molecular weight excluding hydrogens is 442 g/mol. The Bertz CT molecular complexity index is 1220. The SMILES string of the molecule is CS(=O)(=O)Nc1cccc(C2=NN(C(=O)c3cccc(Cl)c3)[C@@H](c3cccs3)C2)c1. The van der Waals surface area contributed by atoms with Crippen LogP contribution < -0.4 is 4.72 Å². The molecule has 1 aliphatic rings. The number of nitrogens with one attached hydrogen (secondary N) is 1. The minimum Gasteiger partial charge on any atom is -0.284 e. The first kappa shape index (κ1) is 20.6. The summed E-state index contributed by atoms with van der Waals surface area (Å²) in [6, 6.07) is 17.5. The van der Waals surface area contributed by atoms with Gasteiger partial charge in [0, 0.05) is 27.6 Å². The van der Waals surface area contributed by atoms with E-state index in [9.17, 15) is 13.2 Å². The molecule has 0 unspecified atom stereocenters. The number of rotatable bonds is 5. The molecule has 6 nitrogen and oxygen atoms in total. The van der Waals surface area contributed by atoms with Gasteiger partial charge in [-0.2, -0.15) is 5.10 Å². The van der Waals surface area contributed by atoms with Crippen LogP contribution in [0.5, 0.6) is 0 Å². The van der Waals surface area contributed by atoms with Crippen molar-refractivity contribution in [3.05, 3.63) is 87.1 Å². The Morgan fingerprint density at radius 1 is 1.17 bits per heavy atom. The molecule has 154 valence electrons. The van der Waals surface area contributed by atoms with Crippen molar-refractivity contribution in [2.75, 3.05) is 11.0 Å². The molecule has 1 N–H and O–H groups in total. The Balaban J connectivity index is 1.70. The number of benzene rings is 2. The van der Waals surface area contributed by atoms with Gasteiger partial charge in [-0.25, -0.2) is 13.4 Å².